The fourth-order valence-electron chi connectivity index (χ4n) is 2.43. The van der Waals surface area contributed by atoms with E-state index in [0.717, 1.165) is 24.9 Å². The van der Waals surface area contributed by atoms with Crippen LogP contribution in [0.25, 0.3) is 0 Å². The average Bonchev–Trinajstić information content (AvgIpc) is 2.95. The molecule has 2 atom stereocenters. The van der Waals surface area contributed by atoms with E-state index in [0.29, 0.717) is 6.54 Å². The number of aryl methyl sites for hydroxylation is 1. The standard InChI is InChI=1S/C16H24N2O2.ClH/c1-2-3-4-12-5-7-13(8-6-12)18-16(19)15-10-9-14(11-17)20-15;/h5-8,14-15H,2-4,9-11,17H2,1H3,(H,18,19);1H/t14-,15+;/m1./s1. The monoisotopic (exact) mass is 312 g/mol. The molecule has 1 saturated heterocycles. The Morgan fingerprint density at radius 1 is 1.33 bits per heavy atom. The highest BCUT2D eigenvalue weighted by Gasteiger charge is 2.29. The lowest BCUT2D eigenvalue weighted by Crippen LogP contribution is -2.29. The SMILES string of the molecule is CCCCc1ccc(NC(=O)[C@@H]2CC[C@H](CN)O2)cc1.Cl. The number of benzene rings is 1. The van der Waals surface area contributed by atoms with Gasteiger partial charge in [0.2, 0.25) is 0 Å². The minimum atomic E-state index is -0.358. The number of ether oxygens (including phenoxy) is 1. The molecule has 0 spiro atoms. The highest BCUT2D eigenvalue weighted by atomic mass is 35.5. The van der Waals surface area contributed by atoms with Gasteiger partial charge in [0.05, 0.1) is 6.10 Å². The zero-order chi connectivity index (χ0) is 14.4. The fourth-order valence-corrected chi connectivity index (χ4v) is 2.43. The predicted octanol–water partition coefficient (Wildman–Crippen LogP) is 2.90. The predicted molar refractivity (Wildman–Crippen MR) is 87.9 cm³/mol. The summed E-state index contributed by atoms with van der Waals surface area (Å²) in [4.78, 5) is 12.1. The molecule has 1 amide bonds. The van der Waals surface area contributed by atoms with Crippen molar-refractivity contribution in [2.45, 2.75) is 51.2 Å². The van der Waals surface area contributed by atoms with E-state index in [-0.39, 0.29) is 30.5 Å². The molecule has 1 heterocycles. The van der Waals surface area contributed by atoms with Crippen LogP contribution in [-0.4, -0.2) is 24.7 Å². The zero-order valence-corrected chi connectivity index (χ0v) is 13.3. The number of nitrogens with one attached hydrogen (secondary N) is 1. The van der Waals surface area contributed by atoms with Gasteiger partial charge in [-0.1, -0.05) is 25.5 Å². The van der Waals surface area contributed by atoms with Gasteiger partial charge in [0.25, 0.3) is 5.91 Å². The maximum absolute atomic E-state index is 12.1. The number of hydrogen-bond donors (Lipinski definition) is 2. The highest BCUT2D eigenvalue weighted by molar-refractivity contribution is 5.94. The molecule has 1 aliphatic heterocycles. The maximum Gasteiger partial charge on any atom is 0.253 e. The summed E-state index contributed by atoms with van der Waals surface area (Å²) in [5.74, 6) is -0.0674. The molecule has 4 nitrogen and oxygen atoms in total. The van der Waals surface area contributed by atoms with Gasteiger partial charge in [0.15, 0.2) is 0 Å². The van der Waals surface area contributed by atoms with Crippen molar-refractivity contribution in [1.29, 1.82) is 0 Å². The minimum absolute atomic E-state index is 0. The lowest BCUT2D eigenvalue weighted by atomic mass is 10.1. The van der Waals surface area contributed by atoms with Gasteiger partial charge < -0.3 is 15.8 Å². The summed E-state index contributed by atoms with van der Waals surface area (Å²) in [6.45, 7) is 2.67. The first-order chi connectivity index (χ1) is 9.72. The van der Waals surface area contributed by atoms with Crippen molar-refractivity contribution < 1.29 is 9.53 Å². The molecule has 1 aromatic rings. The van der Waals surface area contributed by atoms with E-state index >= 15 is 0 Å². The van der Waals surface area contributed by atoms with Crippen LogP contribution >= 0.6 is 12.4 Å². The Labute approximate surface area is 132 Å². The van der Waals surface area contributed by atoms with Gasteiger partial charge in [-0.15, -0.1) is 12.4 Å². The summed E-state index contributed by atoms with van der Waals surface area (Å²) in [5.41, 5.74) is 7.69. The molecule has 1 aromatic carbocycles. The van der Waals surface area contributed by atoms with Crippen molar-refractivity contribution in [3.8, 4) is 0 Å². The van der Waals surface area contributed by atoms with Crippen molar-refractivity contribution in [3.05, 3.63) is 29.8 Å². The smallest absolute Gasteiger partial charge is 0.253 e. The van der Waals surface area contributed by atoms with Gasteiger partial charge in [-0.2, -0.15) is 0 Å². The maximum atomic E-state index is 12.1. The average molecular weight is 313 g/mol. The molecule has 21 heavy (non-hydrogen) atoms. The summed E-state index contributed by atoms with van der Waals surface area (Å²) in [7, 11) is 0. The number of anilines is 1. The van der Waals surface area contributed by atoms with Crippen LogP contribution in [0, 0.1) is 0 Å². The normalized spacial score (nSPS) is 20.9. The second-order valence-electron chi connectivity index (χ2n) is 5.35. The molecule has 0 saturated carbocycles. The molecule has 118 valence electrons. The van der Waals surface area contributed by atoms with Gasteiger partial charge in [0.1, 0.15) is 6.10 Å². The largest absolute Gasteiger partial charge is 0.364 e. The number of rotatable bonds is 6. The van der Waals surface area contributed by atoms with E-state index in [4.69, 9.17) is 10.5 Å². The first-order valence-electron chi connectivity index (χ1n) is 7.48. The van der Waals surface area contributed by atoms with Gasteiger partial charge in [-0.3, -0.25) is 4.79 Å². The zero-order valence-electron chi connectivity index (χ0n) is 12.5. The Balaban J connectivity index is 0.00000220. The molecular weight excluding hydrogens is 288 g/mol. The number of halogens is 1. The molecule has 0 radical (unpaired) electrons. The van der Waals surface area contributed by atoms with E-state index < -0.39 is 0 Å². The van der Waals surface area contributed by atoms with Crippen molar-refractivity contribution in [1.82, 2.24) is 0 Å². The third-order valence-corrected chi connectivity index (χ3v) is 3.70. The van der Waals surface area contributed by atoms with Gasteiger partial charge >= 0.3 is 0 Å². The molecule has 2 rings (SSSR count). The van der Waals surface area contributed by atoms with Crippen LogP contribution in [0.5, 0.6) is 0 Å². The summed E-state index contributed by atoms with van der Waals surface area (Å²) >= 11 is 0. The number of carbonyl (C=O) groups is 1. The molecule has 5 heteroatoms. The third kappa shape index (κ3) is 5.30. The van der Waals surface area contributed by atoms with Crippen LogP contribution in [-0.2, 0) is 16.0 Å². The van der Waals surface area contributed by atoms with Crippen molar-refractivity contribution >= 4 is 24.0 Å². The van der Waals surface area contributed by atoms with E-state index in [9.17, 15) is 4.79 Å². The minimum Gasteiger partial charge on any atom is -0.364 e. The Morgan fingerprint density at radius 3 is 2.62 bits per heavy atom. The number of carbonyl (C=O) groups excluding carboxylic acids is 1. The van der Waals surface area contributed by atoms with E-state index in [1.54, 1.807) is 0 Å². The number of hydrogen-bond acceptors (Lipinski definition) is 3. The Morgan fingerprint density at radius 2 is 2.05 bits per heavy atom. The topological polar surface area (TPSA) is 64.4 Å². The van der Waals surface area contributed by atoms with Crippen LogP contribution in [0.2, 0.25) is 0 Å². The molecule has 0 bridgehead atoms. The van der Waals surface area contributed by atoms with Crippen LogP contribution in [0.3, 0.4) is 0 Å². The Bertz CT molecular complexity index is 436. The highest BCUT2D eigenvalue weighted by Crippen LogP contribution is 2.20. The second kappa shape index (κ2) is 9.03. The molecular formula is C16H25ClN2O2. The van der Waals surface area contributed by atoms with Crippen molar-refractivity contribution in [2.75, 3.05) is 11.9 Å². The Kier molecular flexibility index (Phi) is 7.72. The second-order valence-corrected chi connectivity index (χ2v) is 5.35. The molecule has 1 fully saturated rings. The van der Waals surface area contributed by atoms with E-state index in [1.165, 1.54) is 18.4 Å². The van der Waals surface area contributed by atoms with E-state index in [2.05, 4.69) is 24.4 Å². The number of amides is 1. The molecule has 0 aliphatic carbocycles. The van der Waals surface area contributed by atoms with Crippen molar-refractivity contribution in [3.63, 3.8) is 0 Å². The van der Waals surface area contributed by atoms with Gasteiger partial charge in [0, 0.05) is 12.2 Å². The van der Waals surface area contributed by atoms with Crippen LogP contribution in [0.1, 0.15) is 38.2 Å². The first kappa shape index (κ1) is 18.0. The van der Waals surface area contributed by atoms with Gasteiger partial charge in [-0.05, 0) is 43.4 Å². The van der Waals surface area contributed by atoms with Crippen molar-refractivity contribution in [2.24, 2.45) is 5.73 Å². The number of nitrogens with two attached hydrogens (primary N) is 1. The van der Waals surface area contributed by atoms with Crippen LogP contribution in [0.4, 0.5) is 5.69 Å². The summed E-state index contributed by atoms with van der Waals surface area (Å²) in [5, 5.41) is 2.91. The number of unbranched alkanes of at least 4 members (excludes halogenated alkanes) is 1. The molecule has 1 aliphatic rings. The van der Waals surface area contributed by atoms with E-state index in [1.807, 2.05) is 12.1 Å². The molecule has 3 N–H and O–H groups in total. The summed E-state index contributed by atoms with van der Waals surface area (Å²) in [6.07, 6.45) is 4.77. The summed E-state index contributed by atoms with van der Waals surface area (Å²) in [6, 6.07) is 8.06. The van der Waals surface area contributed by atoms with Crippen LogP contribution < -0.4 is 11.1 Å². The molecule has 0 aromatic heterocycles. The third-order valence-electron chi connectivity index (χ3n) is 3.70. The lowest BCUT2D eigenvalue weighted by molar-refractivity contribution is -0.126. The quantitative estimate of drug-likeness (QED) is 0.849. The Hall–Kier alpha value is -1.10. The molecule has 0 unspecified atom stereocenters. The summed E-state index contributed by atoms with van der Waals surface area (Å²) < 4.78 is 5.58. The fraction of sp³-hybridized carbons (Fsp3) is 0.562. The van der Waals surface area contributed by atoms with Gasteiger partial charge in [-0.25, -0.2) is 0 Å². The lowest BCUT2D eigenvalue weighted by Gasteiger charge is -2.13. The first-order valence-corrected chi connectivity index (χ1v) is 7.48. The van der Waals surface area contributed by atoms with Crippen LogP contribution in [0.15, 0.2) is 24.3 Å².